The second-order valence-corrected chi connectivity index (χ2v) is 4.35. The van der Waals surface area contributed by atoms with E-state index in [0.29, 0.717) is 26.2 Å². The van der Waals surface area contributed by atoms with Crippen molar-refractivity contribution in [2.24, 2.45) is 0 Å². The molecule has 1 aromatic carbocycles. The summed E-state index contributed by atoms with van der Waals surface area (Å²) in [6.07, 6.45) is 0. The maximum absolute atomic E-state index is 12.7. The Hall–Kier alpha value is -1.95. The molecule has 1 fully saturated rings. The molecule has 2 rings (SSSR count). The van der Waals surface area contributed by atoms with E-state index in [1.807, 2.05) is 0 Å². The summed E-state index contributed by atoms with van der Waals surface area (Å²) in [5.74, 6) is -1.46. The third-order valence-corrected chi connectivity index (χ3v) is 2.96. The molecular formula is C13H16FN3O2. The van der Waals surface area contributed by atoms with Crippen molar-refractivity contribution < 1.29 is 14.0 Å². The molecule has 0 saturated carbocycles. The van der Waals surface area contributed by atoms with Crippen LogP contribution in [0.25, 0.3) is 0 Å². The van der Waals surface area contributed by atoms with E-state index in [-0.39, 0.29) is 12.4 Å². The largest absolute Gasteiger partial charge is 0.344 e. The highest BCUT2D eigenvalue weighted by Gasteiger charge is 2.22. The van der Waals surface area contributed by atoms with Gasteiger partial charge in [0.1, 0.15) is 5.82 Å². The molecule has 6 heteroatoms. The summed E-state index contributed by atoms with van der Waals surface area (Å²) in [5.41, 5.74) is 0.753. The maximum Gasteiger partial charge on any atom is 0.311 e. The lowest BCUT2D eigenvalue weighted by Crippen LogP contribution is -2.51. The number of benzene rings is 1. The number of piperazine rings is 1. The SMILES string of the molecule is O=C(NCc1ccc(F)cc1)C(=O)N1CCNCC1. The van der Waals surface area contributed by atoms with E-state index in [2.05, 4.69) is 10.6 Å². The van der Waals surface area contributed by atoms with Gasteiger partial charge in [-0.2, -0.15) is 0 Å². The number of halogens is 1. The molecule has 0 aliphatic carbocycles. The van der Waals surface area contributed by atoms with E-state index in [1.165, 1.54) is 17.0 Å². The van der Waals surface area contributed by atoms with Crippen molar-refractivity contribution >= 4 is 11.8 Å². The van der Waals surface area contributed by atoms with Crippen LogP contribution in [0.5, 0.6) is 0 Å². The van der Waals surface area contributed by atoms with Crippen molar-refractivity contribution in [2.45, 2.75) is 6.54 Å². The average Bonchev–Trinajstić information content (AvgIpc) is 2.46. The van der Waals surface area contributed by atoms with E-state index in [0.717, 1.165) is 5.56 Å². The number of hydrogen-bond acceptors (Lipinski definition) is 3. The lowest BCUT2D eigenvalue weighted by atomic mass is 10.2. The molecule has 0 atom stereocenters. The Morgan fingerprint density at radius 1 is 1.21 bits per heavy atom. The van der Waals surface area contributed by atoms with E-state index in [4.69, 9.17) is 0 Å². The number of carbonyl (C=O) groups excluding carboxylic acids is 2. The molecule has 102 valence electrons. The van der Waals surface area contributed by atoms with Crippen LogP contribution in [-0.4, -0.2) is 42.9 Å². The molecule has 0 spiro atoms. The monoisotopic (exact) mass is 265 g/mol. The number of hydrogen-bond donors (Lipinski definition) is 2. The first-order valence-corrected chi connectivity index (χ1v) is 6.19. The molecule has 2 amide bonds. The predicted octanol–water partition coefficient (Wildman–Crippen LogP) is -0.126. The number of nitrogens with one attached hydrogen (secondary N) is 2. The second-order valence-electron chi connectivity index (χ2n) is 4.35. The van der Waals surface area contributed by atoms with Gasteiger partial charge in [0.25, 0.3) is 0 Å². The van der Waals surface area contributed by atoms with Crippen LogP contribution in [0.1, 0.15) is 5.56 Å². The van der Waals surface area contributed by atoms with Crippen LogP contribution in [0.4, 0.5) is 4.39 Å². The third kappa shape index (κ3) is 3.75. The van der Waals surface area contributed by atoms with Crippen molar-refractivity contribution in [2.75, 3.05) is 26.2 Å². The van der Waals surface area contributed by atoms with Crippen LogP contribution in [0, 0.1) is 5.82 Å². The highest BCUT2D eigenvalue weighted by molar-refractivity contribution is 6.34. The summed E-state index contributed by atoms with van der Waals surface area (Å²) >= 11 is 0. The molecule has 2 N–H and O–H groups in total. The summed E-state index contributed by atoms with van der Waals surface area (Å²) in [4.78, 5) is 25.0. The average molecular weight is 265 g/mol. The Labute approximate surface area is 110 Å². The lowest BCUT2D eigenvalue weighted by molar-refractivity contribution is -0.146. The molecule has 1 saturated heterocycles. The van der Waals surface area contributed by atoms with Crippen LogP contribution in [-0.2, 0) is 16.1 Å². The zero-order valence-corrected chi connectivity index (χ0v) is 10.5. The molecule has 0 unspecified atom stereocenters. The first-order chi connectivity index (χ1) is 9.16. The topological polar surface area (TPSA) is 61.4 Å². The first kappa shape index (κ1) is 13.5. The molecule has 1 aliphatic rings. The van der Waals surface area contributed by atoms with E-state index >= 15 is 0 Å². The third-order valence-electron chi connectivity index (χ3n) is 2.96. The summed E-state index contributed by atoms with van der Waals surface area (Å²) in [7, 11) is 0. The molecular weight excluding hydrogens is 249 g/mol. The molecule has 0 radical (unpaired) electrons. The van der Waals surface area contributed by atoms with Gasteiger partial charge in [0.2, 0.25) is 0 Å². The Morgan fingerprint density at radius 3 is 2.47 bits per heavy atom. The fourth-order valence-corrected chi connectivity index (χ4v) is 1.87. The van der Waals surface area contributed by atoms with E-state index < -0.39 is 11.8 Å². The van der Waals surface area contributed by atoms with Crippen LogP contribution in [0.3, 0.4) is 0 Å². The van der Waals surface area contributed by atoms with Gasteiger partial charge in [0.05, 0.1) is 0 Å². The van der Waals surface area contributed by atoms with Crippen LogP contribution < -0.4 is 10.6 Å². The molecule has 1 aromatic rings. The summed E-state index contributed by atoms with van der Waals surface area (Å²) in [6, 6.07) is 5.79. The summed E-state index contributed by atoms with van der Waals surface area (Å²) in [6.45, 7) is 2.72. The fraction of sp³-hybridized carbons (Fsp3) is 0.385. The van der Waals surface area contributed by atoms with Crippen molar-refractivity contribution in [3.05, 3.63) is 35.6 Å². The standard InChI is InChI=1S/C13H16FN3O2/c14-11-3-1-10(2-4-11)9-16-12(18)13(19)17-7-5-15-6-8-17/h1-4,15H,5-9H2,(H,16,18). The number of amides is 2. The van der Waals surface area contributed by atoms with Crippen molar-refractivity contribution in [3.8, 4) is 0 Å². The van der Waals surface area contributed by atoms with Crippen molar-refractivity contribution in [1.82, 2.24) is 15.5 Å². The molecule has 5 nitrogen and oxygen atoms in total. The van der Waals surface area contributed by atoms with Crippen molar-refractivity contribution in [1.29, 1.82) is 0 Å². The molecule has 0 aromatic heterocycles. The summed E-state index contributed by atoms with van der Waals surface area (Å²) < 4.78 is 12.7. The van der Waals surface area contributed by atoms with Gasteiger partial charge in [-0.05, 0) is 17.7 Å². The normalized spacial score (nSPS) is 15.1. The second kappa shape index (κ2) is 6.29. The van der Waals surface area contributed by atoms with Gasteiger partial charge >= 0.3 is 11.8 Å². The Kier molecular flexibility index (Phi) is 4.46. The number of nitrogens with zero attached hydrogens (tertiary/aromatic N) is 1. The van der Waals surface area contributed by atoms with Gasteiger partial charge in [-0.1, -0.05) is 12.1 Å². The zero-order chi connectivity index (χ0) is 13.7. The molecule has 0 bridgehead atoms. The minimum absolute atomic E-state index is 0.219. The molecule has 1 heterocycles. The minimum Gasteiger partial charge on any atom is -0.344 e. The Bertz CT molecular complexity index is 455. The van der Waals surface area contributed by atoms with Crippen LogP contribution in [0.15, 0.2) is 24.3 Å². The van der Waals surface area contributed by atoms with Gasteiger partial charge in [0.15, 0.2) is 0 Å². The molecule has 1 aliphatic heterocycles. The summed E-state index contributed by atoms with van der Waals surface area (Å²) in [5, 5.41) is 5.65. The van der Waals surface area contributed by atoms with Crippen molar-refractivity contribution in [3.63, 3.8) is 0 Å². The fourth-order valence-electron chi connectivity index (χ4n) is 1.87. The first-order valence-electron chi connectivity index (χ1n) is 6.19. The molecule has 19 heavy (non-hydrogen) atoms. The predicted molar refractivity (Wildman–Crippen MR) is 67.7 cm³/mol. The van der Waals surface area contributed by atoms with Gasteiger partial charge < -0.3 is 15.5 Å². The number of carbonyl (C=O) groups is 2. The lowest BCUT2D eigenvalue weighted by Gasteiger charge is -2.26. The highest BCUT2D eigenvalue weighted by atomic mass is 19.1. The van der Waals surface area contributed by atoms with Gasteiger partial charge in [-0.25, -0.2) is 4.39 Å². The number of rotatable bonds is 2. The van der Waals surface area contributed by atoms with Crippen LogP contribution in [0.2, 0.25) is 0 Å². The highest BCUT2D eigenvalue weighted by Crippen LogP contribution is 2.02. The quantitative estimate of drug-likeness (QED) is 0.733. The minimum atomic E-state index is -0.619. The van der Waals surface area contributed by atoms with Crippen LogP contribution >= 0.6 is 0 Å². The van der Waals surface area contributed by atoms with E-state index in [9.17, 15) is 14.0 Å². The van der Waals surface area contributed by atoms with Gasteiger partial charge in [0, 0.05) is 32.7 Å². The van der Waals surface area contributed by atoms with Gasteiger partial charge in [-0.15, -0.1) is 0 Å². The Morgan fingerprint density at radius 2 is 1.84 bits per heavy atom. The smallest absolute Gasteiger partial charge is 0.311 e. The maximum atomic E-state index is 12.7. The van der Waals surface area contributed by atoms with E-state index in [1.54, 1.807) is 12.1 Å². The zero-order valence-electron chi connectivity index (χ0n) is 10.5. The van der Waals surface area contributed by atoms with Gasteiger partial charge in [-0.3, -0.25) is 9.59 Å². The Balaban J connectivity index is 1.83.